The standard InChI is InChI=1S/C13H24ClSi2.C9H7.2ClH.Zr/c1-6-9-13(16(4,5)14)15(2,3)12-10-7-8-11-12;1-2-5-9-7-3-6-8(9)4-1;;;/h7,10,13H,6,8-9H2,1-5H3;1-7H;2*1H;/q;;;;+2/p-2. The second-order valence-electron chi connectivity index (χ2n) is 8.74. The SMILES string of the molecule is CCCC([Si](C)(C)Cl)[Si](C)(C)C1=[C]([Zr+2][CH]2C=Cc3ccccc32)CC=C1.[Cl-].[Cl-]. The van der Waals surface area contributed by atoms with Crippen LogP contribution in [0.1, 0.15) is 40.9 Å². The van der Waals surface area contributed by atoms with Crippen LogP contribution in [0.5, 0.6) is 0 Å². The number of hydrogen-bond donors (Lipinski definition) is 0. The second-order valence-corrected chi connectivity index (χ2v) is 24.5. The molecular weight excluding hydrogens is 518 g/mol. The molecule has 1 aromatic carbocycles. The Morgan fingerprint density at radius 2 is 1.79 bits per heavy atom. The smallest absolute Gasteiger partial charge is 1.00 e. The van der Waals surface area contributed by atoms with Crippen LogP contribution >= 0.6 is 11.1 Å². The Morgan fingerprint density at radius 1 is 1.11 bits per heavy atom. The third kappa shape index (κ3) is 5.65. The molecule has 3 rings (SSSR count). The Labute approximate surface area is 202 Å². The van der Waals surface area contributed by atoms with E-state index in [4.69, 9.17) is 11.1 Å². The van der Waals surface area contributed by atoms with Gasteiger partial charge in [-0.1, -0.05) is 0 Å². The summed E-state index contributed by atoms with van der Waals surface area (Å²) in [6.45, 7) is 12.3. The van der Waals surface area contributed by atoms with Gasteiger partial charge in [-0.05, 0) is 0 Å². The maximum absolute atomic E-state index is 7.06. The Morgan fingerprint density at radius 3 is 2.43 bits per heavy atom. The van der Waals surface area contributed by atoms with E-state index in [1.165, 1.54) is 24.8 Å². The number of fused-ring (bicyclic) bond motifs is 1. The third-order valence-corrected chi connectivity index (χ3v) is 22.2. The summed E-state index contributed by atoms with van der Waals surface area (Å²) in [4.78, 5) is 0. The van der Waals surface area contributed by atoms with Gasteiger partial charge < -0.3 is 24.8 Å². The van der Waals surface area contributed by atoms with Crippen LogP contribution in [-0.4, -0.2) is 15.5 Å². The fourth-order valence-corrected chi connectivity index (χ4v) is 25.1. The fraction of sp³-hybridized carbons (Fsp3) is 0.455. The number of allylic oxidation sites excluding steroid dienone is 5. The van der Waals surface area contributed by atoms with E-state index in [-0.39, 0.29) is 24.8 Å². The zero-order chi connectivity index (χ0) is 18.9. The predicted molar refractivity (Wildman–Crippen MR) is 118 cm³/mol. The van der Waals surface area contributed by atoms with Crippen LogP contribution in [-0.2, 0) is 23.2 Å². The summed E-state index contributed by atoms with van der Waals surface area (Å²) in [7, 11) is -3.21. The molecule has 2 aliphatic carbocycles. The van der Waals surface area contributed by atoms with Gasteiger partial charge in [0.1, 0.15) is 0 Å². The van der Waals surface area contributed by atoms with E-state index >= 15 is 0 Å². The summed E-state index contributed by atoms with van der Waals surface area (Å²) in [6.07, 6.45) is 13.6. The first-order valence-corrected chi connectivity index (χ1v) is 19.7. The van der Waals surface area contributed by atoms with Crippen LogP contribution in [0, 0.1) is 0 Å². The molecule has 0 N–H and O–H groups in total. The summed E-state index contributed by atoms with van der Waals surface area (Å²) in [6, 6.07) is 8.99. The van der Waals surface area contributed by atoms with E-state index in [0.29, 0.717) is 0 Å². The van der Waals surface area contributed by atoms with Crippen LogP contribution in [0.15, 0.2) is 51.0 Å². The molecule has 0 bridgehead atoms. The Kier molecular flexibility index (Phi) is 10.3. The van der Waals surface area contributed by atoms with E-state index in [2.05, 4.69) is 81.7 Å². The molecule has 2 atom stereocenters. The van der Waals surface area contributed by atoms with Gasteiger partial charge in [0.25, 0.3) is 0 Å². The molecule has 0 fully saturated rings. The van der Waals surface area contributed by atoms with E-state index < -0.39 is 38.7 Å². The minimum absolute atomic E-state index is 0. The average Bonchev–Trinajstić information content (AvgIpc) is 3.20. The van der Waals surface area contributed by atoms with Crippen molar-refractivity contribution in [2.75, 3.05) is 0 Å². The number of rotatable bonds is 7. The monoisotopic (exact) mass is 546 g/mol. The molecule has 0 aliphatic heterocycles. The van der Waals surface area contributed by atoms with Crippen molar-refractivity contribution in [3.05, 3.63) is 62.1 Å². The molecule has 1 aromatic rings. The van der Waals surface area contributed by atoms with Crippen molar-refractivity contribution in [2.45, 2.75) is 61.2 Å². The molecule has 152 valence electrons. The maximum atomic E-state index is 7.06. The third-order valence-electron chi connectivity index (χ3n) is 6.03. The Hall–Kier alpha value is 0.627. The fourth-order valence-electron chi connectivity index (χ4n) is 4.85. The first kappa shape index (κ1) is 26.7. The topological polar surface area (TPSA) is 0 Å². The van der Waals surface area contributed by atoms with Crippen LogP contribution in [0.25, 0.3) is 6.08 Å². The molecule has 0 amide bonds. The molecular formula is C22H31Cl3Si2Zr. The summed E-state index contributed by atoms with van der Waals surface area (Å²) < 4.78 is 2.57. The van der Waals surface area contributed by atoms with E-state index in [9.17, 15) is 0 Å². The molecule has 0 radical (unpaired) electrons. The van der Waals surface area contributed by atoms with Gasteiger partial charge in [0.05, 0.1) is 0 Å². The molecule has 2 aliphatic rings. The Bertz CT molecular complexity index is 763. The van der Waals surface area contributed by atoms with Crippen LogP contribution < -0.4 is 24.8 Å². The quantitative estimate of drug-likeness (QED) is 0.357. The normalized spacial score (nSPS) is 19.0. The van der Waals surface area contributed by atoms with Gasteiger partial charge in [-0.2, -0.15) is 0 Å². The number of halogens is 3. The van der Waals surface area contributed by atoms with Gasteiger partial charge in [-0.3, -0.25) is 0 Å². The number of hydrogen-bond acceptors (Lipinski definition) is 0. The van der Waals surface area contributed by atoms with Gasteiger partial charge in [0, 0.05) is 0 Å². The maximum Gasteiger partial charge on any atom is -1.00 e. The molecule has 0 heterocycles. The van der Waals surface area contributed by atoms with Crippen molar-refractivity contribution in [2.24, 2.45) is 0 Å². The zero-order valence-corrected chi connectivity index (χ0v) is 24.3. The van der Waals surface area contributed by atoms with E-state index in [1.807, 2.05) is 3.28 Å². The molecule has 0 aromatic heterocycles. The summed E-state index contributed by atoms with van der Waals surface area (Å²) in [5.41, 5.74) is 3.02. The number of benzene rings is 1. The largest absolute Gasteiger partial charge is 1.00 e. The van der Waals surface area contributed by atoms with Crippen molar-refractivity contribution >= 4 is 32.6 Å². The van der Waals surface area contributed by atoms with Crippen LogP contribution in [0.4, 0.5) is 0 Å². The predicted octanol–water partition coefficient (Wildman–Crippen LogP) is 1.46. The van der Waals surface area contributed by atoms with Crippen molar-refractivity contribution in [1.82, 2.24) is 0 Å². The molecule has 0 spiro atoms. The van der Waals surface area contributed by atoms with Crippen molar-refractivity contribution < 1.29 is 48.0 Å². The van der Waals surface area contributed by atoms with Crippen molar-refractivity contribution in [3.8, 4) is 0 Å². The van der Waals surface area contributed by atoms with Crippen LogP contribution in [0.3, 0.4) is 0 Å². The van der Waals surface area contributed by atoms with Gasteiger partial charge in [0.2, 0.25) is 0 Å². The molecule has 28 heavy (non-hydrogen) atoms. The van der Waals surface area contributed by atoms with Gasteiger partial charge >= 0.3 is 179 Å². The summed E-state index contributed by atoms with van der Waals surface area (Å²) in [5.74, 6) is 0. The van der Waals surface area contributed by atoms with Gasteiger partial charge in [-0.15, -0.1) is 0 Å². The summed E-state index contributed by atoms with van der Waals surface area (Å²) >= 11 is 6.40. The van der Waals surface area contributed by atoms with E-state index in [0.717, 1.165) is 8.79 Å². The van der Waals surface area contributed by atoms with Gasteiger partial charge in [0.15, 0.2) is 0 Å². The first-order valence-electron chi connectivity index (χ1n) is 9.88. The van der Waals surface area contributed by atoms with Crippen molar-refractivity contribution in [3.63, 3.8) is 0 Å². The average molecular weight is 549 g/mol. The molecule has 2 unspecified atom stereocenters. The minimum atomic E-state index is -1.67. The van der Waals surface area contributed by atoms with Gasteiger partial charge in [-0.25, -0.2) is 0 Å². The summed E-state index contributed by atoms with van der Waals surface area (Å²) in [5, 5.41) is 2.54. The molecule has 0 saturated heterocycles. The zero-order valence-electron chi connectivity index (χ0n) is 17.5. The molecule has 6 heteroatoms. The van der Waals surface area contributed by atoms with E-state index in [1.54, 1.807) is 10.8 Å². The Balaban J connectivity index is 0.00000196. The minimum Gasteiger partial charge on any atom is -1.00 e. The van der Waals surface area contributed by atoms with Crippen LogP contribution in [0.2, 0.25) is 31.4 Å². The molecule has 0 nitrogen and oxygen atoms in total. The second kappa shape index (κ2) is 10.8. The van der Waals surface area contributed by atoms with Crippen molar-refractivity contribution in [1.29, 1.82) is 0 Å². The molecule has 0 saturated carbocycles. The first-order chi connectivity index (χ1) is 12.2.